The van der Waals surface area contributed by atoms with Gasteiger partial charge in [0.05, 0.1) is 0 Å². The zero-order valence-corrected chi connectivity index (χ0v) is 9.07. The summed E-state index contributed by atoms with van der Waals surface area (Å²) in [6, 6.07) is 2.13. The predicted molar refractivity (Wildman–Crippen MR) is 60.8 cm³/mol. The summed E-state index contributed by atoms with van der Waals surface area (Å²) in [7, 11) is 0. The summed E-state index contributed by atoms with van der Waals surface area (Å²) in [6.07, 6.45) is 1.00. The fourth-order valence-corrected chi connectivity index (χ4v) is 2.28. The van der Waals surface area contributed by atoms with Crippen LogP contribution in [0.4, 0.5) is 11.1 Å². The first kappa shape index (κ1) is 9.42. The monoisotopic (exact) mass is 226 g/mol. The molecule has 0 fully saturated rings. The molecule has 2 aromatic rings. The number of nitrogens with one attached hydrogen (secondary N) is 1. The highest BCUT2D eigenvalue weighted by atomic mass is 32.1. The molecule has 4 nitrogen and oxygen atoms in total. The lowest BCUT2D eigenvalue weighted by Crippen LogP contribution is -2.03. The van der Waals surface area contributed by atoms with Gasteiger partial charge in [0, 0.05) is 18.1 Å². The Morgan fingerprint density at radius 1 is 1.50 bits per heavy atom. The quantitative estimate of drug-likeness (QED) is 0.835. The van der Waals surface area contributed by atoms with Gasteiger partial charge in [0.2, 0.25) is 11.1 Å². The van der Waals surface area contributed by atoms with Crippen LogP contribution < -0.4 is 11.1 Å². The second kappa shape index (κ2) is 4.39. The van der Waals surface area contributed by atoms with Gasteiger partial charge in [0.1, 0.15) is 0 Å². The number of aromatic nitrogens is 2. The first-order valence-corrected chi connectivity index (χ1v) is 5.90. The van der Waals surface area contributed by atoms with Gasteiger partial charge in [-0.2, -0.15) is 20.7 Å². The Hall–Kier alpha value is -1.14. The number of rotatable bonds is 4. The largest absolute Gasteiger partial charge is 0.367 e. The van der Waals surface area contributed by atoms with Crippen LogP contribution in [0.5, 0.6) is 0 Å². The summed E-state index contributed by atoms with van der Waals surface area (Å²) in [5, 5.41) is 8.19. The fraction of sp³-hybridized carbons (Fsp3) is 0.250. The van der Waals surface area contributed by atoms with Gasteiger partial charge in [-0.1, -0.05) is 0 Å². The first-order chi connectivity index (χ1) is 6.84. The van der Waals surface area contributed by atoms with Gasteiger partial charge in [-0.25, -0.2) is 0 Å². The normalized spacial score (nSPS) is 10.3. The van der Waals surface area contributed by atoms with Gasteiger partial charge in [-0.3, -0.25) is 0 Å². The minimum absolute atomic E-state index is 0.341. The maximum Gasteiger partial charge on any atom is 0.233 e. The van der Waals surface area contributed by atoms with Crippen LogP contribution in [0.1, 0.15) is 5.56 Å². The second-order valence-electron chi connectivity index (χ2n) is 2.77. The summed E-state index contributed by atoms with van der Waals surface area (Å²) in [6.45, 7) is 0.866. The van der Waals surface area contributed by atoms with Gasteiger partial charge in [-0.15, -0.1) is 0 Å². The Kier molecular flexibility index (Phi) is 2.95. The van der Waals surface area contributed by atoms with Crippen LogP contribution >= 0.6 is 22.9 Å². The Balaban J connectivity index is 1.78. The Labute approximate surface area is 90.0 Å². The van der Waals surface area contributed by atoms with Crippen LogP contribution in [0.2, 0.25) is 0 Å². The highest BCUT2D eigenvalue weighted by Crippen LogP contribution is 2.12. The lowest BCUT2D eigenvalue weighted by atomic mass is 10.2. The fourth-order valence-electron chi connectivity index (χ4n) is 1.06. The van der Waals surface area contributed by atoms with E-state index in [9.17, 15) is 0 Å². The molecular weight excluding hydrogens is 216 g/mol. The average molecular weight is 226 g/mol. The van der Waals surface area contributed by atoms with E-state index in [0.717, 1.165) is 18.1 Å². The summed E-state index contributed by atoms with van der Waals surface area (Å²) in [4.78, 5) is 4.01. The van der Waals surface area contributed by atoms with E-state index >= 15 is 0 Å². The summed E-state index contributed by atoms with van der Waals surface area (Å²) >= 11 is 3.01. The summed E-state index contributed by atoms with van der Waals surface area (Å²) < 4.78 is 3.88. The molecule has 0 bridgehead atoms. The molecule has 0 atom stereocenters. The maximum absolute atomic E-state index is 5.39. The number of anilines is 2. The zero-order valence-electron chi connectivity index (χ0n) is 7.43. The molecule has 74 valence electrons. The van der Waals surface area contributed by atoms with Crippen LogP contribution in [-0.4, -0.2) is 15.9 Å². The highest BCUT2D eigenvalue weighted by molar-refractivity contribution is 7.09. The first-order valence-electron chi connectivity index (χ1n) is 4.19. The molecule has 0 amide bonds. The van der Waals surface area contributed by atoms with Crippen molar-refractivity contribution in [3.05, 3.63) is 22.4 Å². The lowest BCUT2D eigenvalue weighted by Gasteiger charge is -1.99. The third-order valence-corrected chi connectivity index (χ3v) is 3.13. The SMILES string of the molecule is Nc1nsc(NCCc2ccsc2)n1. The number of nitrogens with two attached hydrogens (primary N) is 1. The van der Waals surface area contributed by atoms with Crippen molar-refractivity contribution in [3.8, 4) is 0 Å². The lowest BCUT2D eigenvalue weighted by molar-refractivity contribution is 1.02. The average Bonchev–Trinajstić information content (AvgIpc) is 2.77. The van der Waals surface area contributed by atoms with Crippen LogP contribution in [0.25, 0.3) is 0 Å². The molecule has 0 aromatic carbocycles. The standard InChI is InChI=1S/C8H10N4S2/c9-7-11-8(14-12-7)10-3-1-6-2-4-13-5-6/h2,4-5H,1,3H2,(H3,9,10,11,12). The number of hydrogen-bond acceptors (Lipinski definition) is 6. The minimum atomic E-state index is 0.341. The van der Waals surface area contributed by atoms with E-state index in [1.165, 1.54) is 17.1 Å². The number of hydrogen-bond donors (Lipinski definition) is 2. The molecule has 0 aliphatic carbocycles. The van der Waals surface area contributed by atoms with Crippen LogP contribution in [-0.2, 0) is 6.42 Å². The molecule has 14 heavy (non-hydrogen) atoms. The van der Waals surface area contributed by atoms with Gasteiger partial charge < -0.3 is 11.1 Å². The molecule has 0 saturated carbocycles. The van der Waals surface area contributed by atoms with Gasteiger partial charge in [0.15, 0.2) is 0 Å². The molecule has 2 heterocycles. The molecule has 0 aliphatic heterocycles. The van der Waals surface area contributed by atoms with Gasteiger partial charge in [0.25, 0.3) is 0 Å². The van der Waals surface area contributed by atoms with Crippen molar-refractivity contribution in [3.63, 3.8) is 0 Å². The van der Waals surface area contributed by atoms with Crippen molar-refractivity contribution in [2.24, 2.45) is 0 Å². The van der Waals surface area contributed by atoms with Crippen molar-refractivity contribution in [1.82, 2.24) is 9.36 Å². The van der Waals surface area contributed by atoms with E-state index < -0.39 is 0 Å². The molecule has 2 rings (SSSR count). The smallest absolute Gasteiger partial charge is 0.233 e. The molecule has 0 spiro atoms. The van der Waals surface area contributed by atoms with E-state index in [1.54, 1.807) is 11.3 Å². The Bertz CT molecular complexity index is 382. The maximum atomic E-state index is 5.39. The molecule has 6 heteroatoms. The number of thiophene rings is 1. The second-order valence-corrected chi connectivity index (χ2v) is 4.30. The van der Waals surface area contributed by atoms with Crippen molar-refractivity contribution in [1.29, 1.82) is 0 Å². The molecule has 0 aliphatic rings. The third kappa shape index (κ3) is 2.43. The van der Waals surface area contributed by atoms with Gasteiger partial charge >= 0.3 is 0 Å². The Morgan fingerprint density at radius 2 is 2.43 bits per heavy atom. The molecule has 2 aromatic heterocycles. The van der Waals surface area contributed by atoms with Gasteiger partial charge in [-0.05, 0) is 28.8 Å². The molecule has 3 N–H and O–H groups in total. The topological polar surface area (TPSA) is 63.8 Å². The minimum Gasteiger partial charge on any atom is -0.367 e. The van der Waals surface area contributed by atoms with E-state index in [-0.39, 0.29) is 0 Å². The highest BCUT2D eigenvalue weighted by Gasteiger charge is 1.99. The van der Waals surface area contributed by atoms with Crippen molar-refractivity contribution in [2.75, 3.05) is 17.6 Å². The van der Waals surface area contributed by atoms with E-state index in [1.807, 2.05) is 0 Å². The molecular formula is C8H10N4S2. The summed E-state index contributed by atoms with van der Waals surface area (Å²) in [5.41, 5.74) is 6.74. The molecule has 0 radical (unpaired) electrons. The van der Waals surface area contributed by atoms with Crippen molar-refractivity contribution >= 4 is 33.9 Å². The van der Waals surface area contributed by atoms with Crippen LogP contribution in [0, 0.1) is 0 Å². The zero-order chi connectivity index (χ0) is 9.80. The molecule has 0 saturated heterocycles. The van der Waals surface area contributed by atoms with Crippen molar-refractivity contribution in [2.45, 2.75) is 6.42 Å². The van der Waals surface area contributed by atoms with E-state index in [4.69, 9.17) is 5.73 Å². The van der Waals surface area contributed by atoms with Crippen molar-refractivity contribution < 1.29 is 0 Å². The van der Waals surface area contributed by atoms with Crippen LogP contribution in [0.3, 0.4) is 0 Å². The predicted octanol–water partition coefficient (Wildman–Crippen LogP) is 1.84. The molecule has 0 unspecified atom stereocenters. The Morgan fingerprint density at radius 3 is 3.07 bits per heavy atom. The van der Waals surface area contributed by atoms with Crippen LogP contribution in [0.15, 0.2) is 16.8 Å². The van der Waals surface area contributed by atoms with E-state index in [0.29, 0.717) is 5.95 Å². The third-order valence-electron chi connectivity index (χ3n) is 1.71. The number of nitrogens with zero attached hydrogens (tertiary/aromatic N) is 2. The summed E-state index contributed by atoms with van der Waals surface area (Å²) in [5.74, 6) is 0.341. The van der Waals surface area contributed by atoms with E-state index in [2.05, 4.69) is 31.5 Å². The number of nitrogen functional groups attached to an aromatic ring is 1.